The first-order chi connectivity index (χ1) is 14.0. The number of rotatable bonds is 3. The molecule has 0 spiro atoms. The van der Waals surface area contributed by atoms with Crippen LogP contribution in [0.25, 0.3) is 11.0 Å². The molecule has 2 aliphatic heterocycles. The summed E-state index contributed by atoms with van der Waals surface area (Å²) in [6, 6.07) is 11.9. The van der Waals surface area contributed by atoms with E-state index in [1.54, 1.807) is 18.3 Å². The first-order valence-electron chi connectivity index (χ1n) is 10.2. The number of hydrogen-bond acceptors (Lipinski definition) is 4. The molecule has 0 radical (unpaired) electrons. The third-order valence-corrected chi connectivity index (χ3v) is 6.20. The number of pyridine rings is 1. The highest BCUT2D eigenvalue weighted by Gasteiger charge is 2.43. The summed E-state index contributed by atoms with van der Waals surface area (Å²) in [5.41, 5.74) is 2.09. The number of amides is 1. The second kappa shape index (κ2) is 6.76. The fraction of sp³-hybridized carbons (Fsp3) is 0.409. The molecule has 1 aromatic carbocycles. The van der Waals surface area contributed by atoms with Gasteiger partial charge >= 0.3 is 0 Å². The van der Waals surface area contributed by atoms with E-state index in [9.17, 15) is 9.59 Å². The van der Waals surface area contributed by atoms with E-state index in [1.807, 2.05) is 11.0 Å². The summed E-state index contributed by atoms with van der Waals surface area (Å²) < 4.78 is 2.31. The van der Waals surface area contributed by atoms with Crippen LogP contribution in [0.15, 0.2) is 47.4 Å². The van der Waals surface area contributed by atoms with E-state index in [1.165, 1.54) is 0 Å². The Balaban J connectivity index is 1.36. The van der Waals surface area contributed by atoms with Gasteiger partial charge in [-0.1, -0.05) is 12.1 Å². The average molecular weight is 391 g/mol. The van der Waals surface area contributed by atoms with Crippen molar-refractivity contribution in [1.82, 2.24) is 19.4 Å². The number of nitrogens with zero attached hydrogens (tertiary/aromatic N) is 4. The van der Waals surface area contributed by atoms with Gasteiger partial charge in [-0.3, -0.25) is 9.59 Å². The molecule has 2 aromatic heterocycles. The molecule has 1 amide bonds. The number of anilines is 1. The molecular weight excluding hydrogens is 366 g/mol. The van der Waals surface area contributed by atoms with E-state index in [-0.39, 0.29) is 17.0 Å². The maximum absolute atomic E-state index is 12.8. The number of fused-ring (bicyclic) bond motifs is 2. The van der Waals surface area contributed by atoms with E-state index in [0.29, 0.717) is 31.0 Å². The Morgan fingerprint density at radius 2 is 1.79 bits per heavy atom. The second-order valence-corrected chi connectivity index (χ2v) is 8.41. The SMILES string of the molecule is CC(C)n1c(N2CC3CN(C(=O)c4ccc[nH]c4=O)CC3C2)nc2ccccc21. The highest BCUT2D eigenvalue weighted by molar-refractivity contribution is 5.94. The predicted molar refractivity (Wildman–Crippen MR) is 112 cm³/mol. The van der Waals surface area contributed by atoms with Crippen LogP contribution >= 0.6 is 0 Å². The molecule has 2 aliphatic rings. The van der Waals surface area contributed by atoms with Gasteiger partial charge < -0.3 is 19.4 Å². The largest absolute Gasteiger partial charge is 0.342 e. The summed E-state index contributed by atoms with van der Waals surface area (Å²) in [4.78, 5) is 36.5. The highest BCUT2D eigenvalue weighted by Crippen LogP contribution is 2.36. The minimum Gasteiger partial charge on any atom is -0.342 e. The van der Waals surface area contributed by atoms with Gasteiger partial charge in [0, 0.05) is 50.3 Å². The summed E-state index contributed by atoms with van der Waals surface area (Å²) in [5, 5.41) is 0. The number of imidazole rings is 1. The van der Waals surface area contributed by atoms with E-state index in [2.05, 4.69) is 46.5 Å². The van der Waals surface area contributed by atoms with Crippen LogP contribution in [-0.4, -0.2) is 51.5 Å². The minimum absolute atomic E-state index is 0.165. The maximum atomic E-state index is 12.8. The Morgan fingerprint density at radius 3 is 2.48 bits per heavy atom. The van der Waals surface area contributed by atoms with Crippen LogP contribution in [0.3, 0.4) is 0 Å². The van der Waals surface area contributed by atoms with E-state index >= 15 is 0 Å². The number of para-hydroxylation sites is 2. The van der Waals surface area contributed by atoms with Crippen molar-refractivity contribution in [2.75, 3.05) is 31.1 Å². The van der Waals surface area contributed by atoms with Crippen molar-refractivity contribution < 1.29 is 4.79 Å². The summed E-state index contributed by atoms with van der Waals surface area (Å²) in [6.45, 7) is 7.52. The van der Waals surface area contributed by atoms with Gasteiger partial charge in [0.05, 0.1) is 11.0 Å². The molecule has 150 valence electrons. The molecule has 2 fully saturated rings. The van der Waals surface area contributed by atoms with E-state index in [0.717, 1.165) is 30.1 Å². The van der Waals surface area contributed by atoms with Crippen molar-refractivity contribution in [1.29, 1.82) is 0 Å². The third-order valence-electron chi connectivity index (χ3n) is 6.20. The van der Waals surface area contributed by atoms with Crippen LogP contribution in [0.2, 0.25) is 0 Å². The van der Waals surface area contributed by atoms with Gasteiger partial charge in [-0.25, -0.2) is 4.98 Å². The molecule has 5 rings (SSSR count). The van der Waals surface area contributed by atoms with Gasteiger partial charge in [0.1, 0.15) is 5.56 Å². The van der Waals surface area contributed by atoms with Gasteiger partial charge in [0.15, 0.2) is 0 Å². The Kier molecular flexibility index (Phi) is 4.19. The summed E-state index contributed by atoms with van der Waals surface area (Å²) in [7, 11) is 0. The smallest absolute Gasteiger partial charge is 0.260 e. The molecule has 0 bridgehead atoms. The maximum Gasteiger partial charge on any atom is 0.260 e. The van der Waals surface area contributed by atoms with Crippen molar-refractivity contribution in [3.05, 3.63) is 58.5 Å². The second-order valence-electron chi connectivity index (χ2n) is 8.41. The number of likely N-dealkylation sites (tertiary alicyclic amines) is 1. The number of carbonyl (C=O) groups excluding carboxylic acids is 1. The first kappa shape index (κ1) is 18.0. The summed E-state index contributed by atoms with van der Waals surface area (Å²) in [6.07, 6.45) is 1.55. The van der Waals surface area contributed by atoms with E-state index < -0.39 is 0 Å². The minimum atomic E-state index is -0.318. The standard InChI is InChI=1S/C22H25N5O2/c1-14(2)27-19-8-4-3-7-18(19)24-22(27)26-12-15-10-25(11-16(15)13-26)21(29)17-6-5-9-23-20(17)28/h3-9,14-16H,10-13H2,1-2H3,(H,23,28). The Labute approximate surface area is 169 Å². The molecule has 0 aliphatic carbocycles. The molecule has 0 saturated carbocycles. The van der Waals surface area contributed by atoms with Crippen molar-refractivity contribution in [3.63, 3.8) is 0 Å². The Hall–Kier alpha value is -3.09. The Bertz CT molecular complexity index is 1120. The molecule has 4 heterocycles. The van der Waals surface area contributed by atoms with Crippen molar-refractivity contribution in [3.8, 4) is 0 Å². The van der Waals surface area contributed by atoms with Crippen LogP contribution in [0.4, 0.5) is 5.95 Å². The fourth-order valence-electron chi connectivity index (χ4n) is 4.85. The number of H-pyrrole nitrogens is 1. The first-order valence-corrected chi connectivity index (χ1v) is 10.2. The molecule has 1 N–H and O–H groups in total. The molecule has 3 aromatic rings. The van der Waals surface area contributed by atoms with Crippen LogP contribution in [0.5, 0.6) is 0 Å². The summed E-state index contributed by atoms with van der Waals surface area (Å²) >= 11 is 0. The molecular formula is C22H25N5O2. The Morgan fingerprint density at radius 1 is 1.07 bits per heavy atom. The zero-order valence-corrected chi connectivity index (χ0v) is 16.7. The monoisotopic (exact) mass is 391 g/mol. The number of aromatic nitrogens is 3. The third kappa shape index (κ3) is 2.92. The zero-order valence-electron chi connectivity index (χ0n) is 16.7. The molecule has 2 unspecified atom stereocenters. The van der Waals surface area contributed by atoms with Gasteiger partial charge in [-0.05, 0) is 38.1 Å². The summed E-state index contributed by atoms with van der Waals surface area (Å²) in [5.74, 6) is 1.67. The molecule has 7 nitrogen and oxygen atoms in total. The lowest BCUT2D eigenvalue weighted by molar-refractivity contribution is 0.0780. The molecule has 2 atom stereocenters. The average Bonchev–Trinajstić information content (AvgIpc) is 3.38. The van der Waals surface area contributed by atoms with Gasteiger partial charge in [0.2, 0.25) is 5.95 Å². The normalized spacial score (nSPS) is 21.3. The van der Waals surface area contributed by atoms with Crippen LogP contribution in [0.1, 0.15) is 30.2 Å². The quantitative estimate of drug-likeness (QED) is 0.745. The van der Waals surface area contributed by atoms with Crippen LogP contribution in [0, 0.1) is 11.8 Å². The lowest BCUT2D eigenvalue weighted by atomic mass is 10.0. The highest BCUT2D eigenvalue weighted by atomic mass is 16.2. The zero-order chi connectivity index (χ0) is 20.1. The number of nitrogens with one attached hydrogen (secondary N) is 1. The van der Waals surface area contributed by atoms with E-state index in [4.69, 9.17) is 4.98 Å². The number of aromatic amines is 1. The lowest BCUT2D eigenvalue weighted by Crippen LogP contribution is -2.36. The lowest BCUT2D eigenvalue weighted by Gasteiger charge is -2.24. The number of benzene rings is 1. The molecule has 2 saturated heterocycles. The number of hydrogen-bond donors (Lipinski definition) is 1. The fourth-order valence-corrected chi connectivity index (χ4v) is 4.85. The van der Waals surface area contributed by atoms with Crippen LogP contribution in [-0.2, 0) is 0 Å². The van der Waals surface area contributed by atoms with Gasteiger partial charge in [-0.15, -0.1) is 0 Å². The topological polar surface area (TPSA) is 74.2 Å². The number of carbonyl (C=O) groups is 1. The van der Waals surface area contributed by atoms with Crippen molar-refractivity contribution in [2.45, 2.75) is 19.9 Å². The van der Waals surface area contributed by atoms with Gasteiger partial charge in [0.25, 0.3) is 11.5 Å². The van der Waals surface area contributed by atoms with Crippen molar-refractivity contribution >= 4 is 22.9 Å². The van der Waals surface area contributed by atoms with Gasteiger partial charge in [-0.2, -0.15) is 0 Å². The molecule has 7 heteroatoms. The molecule has 29 heavy (non-hydrogen) atoms. The predicted octanol–water partition coefficient (Wildman–Crippen LogP) is 2.51. The van der Waals surface area contributed by atoms with Crippen LogP contribution < -0.4 is 10.5 Å². The van der Waals surface area contributed by atoms with Crippen molar-refractivity contribution in [2.24, 2.45) is 11.8 Å².